The van der Waals surface area contributed by atoms with Crippen LogP contribution in [0.25, 0.3) is 0 Å². The third-order valence-electron chi connectivity index (χ3n) is 4.45. The topological polar surface area (TPSA) is 123 Å². The molecule has 0 atom stereocenters. The van der Waals surface area contributed by atoms with E-state index in [-0.39, 0.29) is 11.1 Å². The van der Waals surface area contributed by atoms with Crippen LogP contribution in [-0.4, -0.2) is 46.8 Å². The van der Waals surface area contributed by atoms with E-state index in [9.17, 15) is 19.8 Å². The normalized spacial score (nSPS) is 11.2. The lowest BCUT2D eigenvalue weighted by Crippen LogP contribution is -2.32. The fourth-order valence-corrected chi connectivity index (χ4v) is 4.10. The lowest BCUT2D eigenvalue weighted by atomic mass is 9.90. The highest BCUT2D eigenvalue weighted by molar-refractivity contribution is 7.98. The quantitative estimate of drug-likeness (QED) is 0.453. The minimum absolute atomic E-state index is 0.157. The van der Waals surface area contributed by atoms with E-state index >= 15 is 0 Å². The molecule has 11 heteroatoms. The van der Waals surface area contributed by atoms with Gasteiger partial charge in [-0.3, -0.25) is 23.7 Å². The zero-order chi connectivity index (χ0) is 21.3. The summed E-state index contributed by atoms with van der Waals surface area (Å²) in [4.78, 5) is 38.6. The monoisotopic (exact) mass is 433 g/mol. The third-order valence-corrected chi connectivity index (χ3v) is 5.92. The van der Waals surface area contributed by atoms with Gasteiger partial charge in [-0.15, -0.1) is 0 Å². The van der Waals surface area contributed by atoms with E-state index in [2.05, 4.69) is 15.0 Å². The summed E-state index contributed by atoms with van der Waals surface area (Å²) in [5.41, 5.74) is -1.12. The summed E-state index contributed by atoms with van der Waals surface area (Å²) in [6.45, 7) is 0. The van der Waals surface area contributed by atoms with Crippen molar-refractivity contribution in [2.75, 3.05) is 12.5 Å². The molecule has 0 fully saturated rings. The molecule has 0 saturated carbocycles. The molecule has 152 valence electrons. The fourth-order valence-electron chi connectivity index (χ4n) is 3.04. The van der Waals surface area contributed by atoms with Crippen molar-refractivity contribution in [1.29, 1.82) is 0 Å². The maximum atomic E-state index is 13.1. The van der Waals surface area contributed by atoms with Gasteiger partial charge in [0.15, 0.2) is 10.3 Å². The van der Waals surface area contributed by atoms with Gasteiger partial charge in [0.2, 0.25) is 11.8 Å². The molecule has 0 spiro atoms. The first-order valence-corrected chi connectivity index (χ1v) is 10.8. The van der Waals surface area contributed by atoms with Crippen molar-refractivity contribution in [2.24, 2.45) is 14.1 Å². The van der Waals surface area contributed by atoms with Gasteiger partial charge in [0.1, 0.15) is 0 Å². The Balaban J connectivity index is 2.43. The molecule has 3 aromatic rings. The minimum atomic E-state index is -1.15. The van der Waals surface area contributed by atoms with Crippen LogP contribution in [0.2, 0.25) is 0 Å². The smallest absolute Gasteiger partial charge is 0.262 e. The Kier molecular flexibility index (Phi) is 5.99. The van der Waals surface area contributed by atoms with Crippen molar-refractivity contribution in [3.8, 4) is 11.8 Å². The van der Waals surface area contributed by atoms with Crippen LogP contribution in [0.4, 0.5) is 0 Å². The summed E-state index contributed by atoms with van der Waals surface area (Å²) in [5.74, 6) is -2.20. The molecule has 29 heavy (non-hydrogen) atoms. The Morgan fingerprint density at radius 1 is 0.897 bits per heavy atom. The molecule has 3 heterocycles. The van der Waals surface area contributed by atoms with E-state index in [0.29, 0.717) is 16.0 Å². The molecule has 0 bridgehead atoms. The van der Waals surface area contributed by atoms with Crippen molar-refractivity contribution in [3.05, 3.63) is 61.9 Å². The van der Waals surface area contributed by atoms with Gasteiger partial charge < -0.3 is 10.2 Å². The van der Waals surface area contributed by atoms with Crippen LogP contribution in [0, 0.1) is 0 Å². The van der Waals surface area contributed by atoms with Gasteiger partial charge in [0.25, 0.3) is 11.1 Å². The predicted octanol–water partition coefficient (Wildman–Crippen LogP) is 1.30. The zero-order valence-corrected chi connectivity index (χ0v) is 17.8. The summed E-state index contributed by atoms with van der Waals surface area (Å²) >= 11 is 2.39. The van der Waals surface area contributed by atoms with Crippen LogP contribution >= 0.6 is 23.5 Å². The second kappa shape index (κ2) is 8.29. The maximum absolute atomic E-state index is 13.1. The Bertz CT molecular complexity index is 1100. The van der Waals surface area contributed by atoms with Crippen LogP contribution in [0.5, 0.6) is 11.8 Å². The van der Waals surface area contributed by atoms with Gasteiger partial charge in [0.05, 0.1) is 22.7 Å². The Morgan fingerprint density at radius 2 is 1.38 bits per heavy atom. The van der Waals surface area contributed by atoms with Crippen molar-refractivity contribution in [3.63, 3.8) is 0 Å². The molecule has 3 rings (SSSR count). The Hall–Kier alpha value is -2.79. The molecule has 0 aliphatic carbocycles. The number of thioether (sulfide) groups is 2. The average molecular weight is 434 g/mol. The molecule has 0 aliphatic heterocycles. The van der Waals surface area contributed by atoms with Crippen LogP contribution in [0.3, 0.4) is 0 Å². The van der Waals surface area contributed by atoms with Crippen LogP contribution in [0.1, 0.15) is 22.7 Å². The highest BCUT2D eigenvalue weighted by Crippen LogP contribution is 2.35. The van der Waals surface area contributed by atoms with Gasteiger partial charge in [-0.25, -0.2) is 0 Å². The number of hydrogen-bond acceptors (Lipinski definition) is 9. The van der Waals surface area contributed by atoms with Crippen LogP contribution in [-0.2, 0) is 14.1 Å². The van der Waals surface area contributed by atoms with Gasteiger partial charge >= 0.3 is 0 Å². The first kappa shape index (κ1) is 20.9. The maximum Gasteiger partial charge on any atom is 0.262 e. The minimum Gasteiger partial charge on any atom is -0.493 e. The standard InChI is InChI=1S/C18H19N5O4S2/c1-22-15(26)11(13(24)20-17(22)28-3)10(9-7-5-6-8-19-9)12-14(25)21-18(29-4)23(2)16(12)27/h5-8,10,24-25H,1-4H3. The van der Waals surface area contributed by atoms with E-state index in [4.69, 9.17) is 0 Å². The highest BCUT2D eigenvalue weighted by Gasteiger charge is 2.33. The first-order valence-electron chi connectivity index (χ1n) is 8.40. The molecule has 0 amide bonds. The summed E-state index contributed by atoms with van der Waals surface area (Å²) in [6, 6.07) is 4.97. The second-order valence-corrected chi connectivity index (χ2v) is 7.63. The Morgan fingerprint density at radius 3 is 1.76 bits per heavy atom. The fraction of sp³-hybridized carbons (Fsp3) is 0.278. The molecule has 3 aromatic heterocycles. The molecule has 0 radical (unpaired) electrons. The van der Waals surface area contributed by atoms with Crippen molar-refractivity contribution >= 4 is 23.5 Å². The molecule has 0 unspecified atom stereocenters. The largest absolute Gasteiger partial charge is 0.493 e. The average Bonchev–Trinajstić information content (AvgIpc) is 2.72. The molecule has 0 aliphatic rings. The highest BCUT2D eigenvalue weighted by atomic mass is 32.2. The van der Waals surface area contributed by atoms with E-state index in [1.54, 1.807) is 30.7 Å². The van der Waals surface area contributed by atoms with Crippen molar-refractivity contribution in [2.45, 2.75) is 16.2 Å². The zero-order valence-electron chi connectivity index (χ0n) is 16.2. The predicted molar refractivity (Wildman–Crippen MR) is 111 cm³/mol. The van der Waals surface area contributed by atoms with Gasteiger partial charge in [-0.1, -0.05) is 29.6 Å². The summed E-state index contributed by atoms with van der Waals surface area (Å²) in [6.07, 6.45) is 4.95. The van der Waals surface area contributed by atoms with Crippen LogP contribution in [0.15, 0.2) is 44.3 Å². The van der Waals surface area contributed by atoms with Gasteiger partial charge in [-0.05, 0) is 24.6 Å². The second-order valence-electron chi connectivity index (χ2n) is 6.09. The summed E-state index contributed by atoms with van der Waals surface area (Å²) in [7, 11) is 3.04. The molecule has 9 nitrogen and oxygen atoms in total. The molecule has 2 N–H and O–H groups in total. The lowest BCUT2D eigenvalue weighted by Gasteiger charge is -2.20. The van der Waals surface area contributed by atoms with Gasteiger partial charge in [-0.2, -0.15) is 9.97 Å². The van der Waals surface area contributed by atoms with E-state index < -0.39 is 28.8 Å². The van der Waals surface area contributed by atoms with Gasteiger partial charge in [0, 0.05) is 20.3 Å². The van der Waals surface area contributed by atoms with Crippen molar-refractivity contribution in [1.82, 2.24) is 24.1 Å². The number of rotatable bonds is 5. The number of aromatic hydroxyl groups is 2. The van der Waals surface area contributed by atoms with Crippen molar-refractivity contribution < 1.29 is 10.2 Å². The number of pyridine rings is 1. The number of aromatic nitrogens is 5. The molecule has 0 aromatic carbocycles. The molecular formula is C18H19N5O4S2. The van der Waals surface area contributed by atoms with Crippen LogP contribution < -0.4 is 11.1 Å². The number of hydrogen-bond donors (Lipinski definition) is 2. The first-order chi connectivity index (χ1) is 13.8. The Labute approximate surface area is 174 Å². The lowest BCUT2D eigenvalue weighted by molar-refractivity contribution is 0.415. The van der Waals surface area contributed by atoms with E-state index in [0.717, 1.165) is 0 Å². The summed E-state index contributed by atoms with van der Waals surface area (Å²) < 4.78 is 2.56. The number of nitrogens with zero attached hydrogens (tertiary/aromatic N) is 5. The third kappa shape index (κ3) is 3.62. The summed E-state index contributed by atoms with van der Waals surface area (Å²) in [5, 5.41) is 21.8. The molecular weight excluding hydrogens is 414 g/mol. The van der Waals surface area contributed by atoms with E-state index in [1.807, 2.05) is 0 Å². The van der Waals surface area contributed by atoms with E-state index in [1.165, 1.54) is 53.0 Å². The SMILES string of the molecule is CSc1nc(O)c(C(c2ccccn2)c2c(O)nc(SC)n(C)c2=O)c(=O)n1C. The molecule has 0 saturated heterocycles.